The summed E-state index contributed by atoms with van der Waals surface area (Å²) < 4.78 is 5.29. The van der Waals surface area contributed by atoms with Crippen molar-refractivity contribution in [3.05, 3.63) is 73.5 Å². The lowest BCUT2D eigenvalue weighted by Crippen LogP contribution is -2.18. The zero-order valence-electron chi connectivity index (χ0n) is 16.4. The molecule has 1 aromatic heterocycles. The molecule has 0 aliphatic carbocycles. The molecule has 32 heavy (non-hydrogen) atoms. The summed E-state index contributed by atoms with van der Waals surface area (Å²) in [7, 11) is 1.45. The molecule has 0 fully saturated rings. The molecular formula is C20H14ClN5O5S. The van der Waals surface area contributed by atoms with Gasteiger partial charge in [-0.1, -0.05) is 35.5 Å². The van der Waals surface area contributed by atoms with Crippen LogP contribution >= 0.6 is 23.4 Å². The molecule has 0 aliphatic heterocycles. The van der Waals surface area contributed by atoms with E-state index in [2.05, 4.69) is 15.3 Å². The van der Waals surface area contributed by atoms with E-state index in [4.69, 9.17) is 16.3 Å². The van der Waals surface area contributed by atoms with Gasteiger partial charge in [-0.05, 0) is 24.3 Å². The minimum atomic E-state index is -0.667. The van der Waals surface area contributed by atoms with E-state index in [-0.39, 0.29) is 38.6 Å². The van der Waals surface area contributed by atoms with Gasteiger partial charge < -0.3 is 15.0 Å². The van der Waals surface area contributed by atoms with Gasteiger partial charge in [0.1, 0.15) is 28.8 Å². The van der Waals surface area contributed by atoms with Crippen molar-refractivity contribution in [2.75, 3.05) is 18.2 Å². The monoisotopic (exact) mass is 471 g/mol. The number of para-hydroxylation sites is 1. The molecule has 3 rings (SSSR count). The van der Waals surface area contributed by atoms with Crippen molar-refractivity contribution in [3.63, 3.8) is 0 Å². The van der Waals surface area contributed by atoms with Crippen molar-refractivity contribution < 1.29 is 14.5 Å². The van der Waals surface area contributed by atoms with Crippen LogP contribution in [0.15, 0.2) is 52.4 Å². The molecule has 1 heterocycles. The van der Waals surface area contributed by atoms with E-state index in [0.29, 0.717) is 11.3 Å². The van der Waals surface area contributed by atoms with Crippen LogP contribution in [0.25, 0.3) is 11.3 Å². The summed E-state index contributed by atoms with van der Waals surface area (Å²) in [4.78, 5) is 42.0. The SMILES string of the molecule is COc1ccccc1-c1nc(SCC(=O)Nc2ccc(Cl)cc2[N+](=O)[O-])[nH]c(=O)c1C#N. The molecule has 0 unspecified atom stereocenters. The largest absolute Gasteiger partial charge is 0.496 e. The van der Waals surface area contributed by atoms with Gasteiger partial charge in [0.15, 0.2) is 5.16 Å². The summed E-state index contributed by atoms with van der Waals surface area (Å²) in [5.74, 6) is -0.350. The second kappa shape index (κ2) is 9.95. The van der Waals surface area contributed by atoms with Crippen LogP contribution in [0.2, 0.25) is 5.02 Å². The summed E-state index contributed by atoms with van der Waals surface area (Å²) in [5, 5.41) is 23.3. The van der Waals surface area contributed by atoms with Gasteiger partial charge in [0, 0.05) is 16.7 Å². The number of halogens is 1. The Morgan fingerprint density at radius 1 is 1.38 bits per heavy atom. The number of methoxy groups -OCH3 is 1. The van der Waals surface area contributed by atoms with Crippen LogP contribution < -0.4 is 15.6 Å². The first-order valence-electron chi connectivity index (χ1n) is 8.88. The number of nitro benzene ring substituents is 1. The number of carbonyl (C=O) groups excluding carboxylic acids is 1. The van der Waals surface area contributed by atoms with E-state index >= 15 is 0 Å². The number of nitriles is 1. The van der Waals surface area contributed by atoms with Crippen LogP contribution in [0.1, 0.15) is 5.56 Å². The second-order valence-corrected chi connectivity index (χ2v) is 7.56. The number of anilines is 1. The highest BCUT2D eigenvalue weighted by Gasteiger charge is 2.19. The van der Waals surface area contributed by atoms with Crippen molar-refractivity contribution in [2.24, 2.45) is 0 Å². The number of aromatic nitrogens is 2. The highest BCUT2D eigenvalue weighted by molar-refractivity contribution is 7.99. The van der Waals surface area contributed by atoms with E-state index < -0.39 is 16.4 Å². The molecular weight excluding hydrogens is 458 g/mol. The predicted octanol–water partition coefficient (Wildman–Crippen LogP) is 3.61. The Hall–Kier alpha value is -3.88. The standard InChI is InChI=1S/C20H14ClN5O5S/c1-31-16-5-3-2-4-12(16)18-13(9-22)19(28)25-20(24-18)32-10-17(27)23-14-7-6-11(21)8-15(14)26(29)30/h2-8H,10H2,1H3,(H,23,27)(H,24,25,28). The number of rotatable bonds is 7. The molecule has 0 atom stereocenters. The summed E-state index contributed by atoms with van der Waals surface area (Å²) in [6.07, 6.45) is 0. The van der Waals surface area contributed by atoms with Crippen LogP contribution in [0.3, 0.4) is 0 Å². The lowest BCUT2D eigenvalue weighted by Gasteiger charge is -2.10. The number of nitro groups is 1. The average molecular weight is 472 g/mol. The summed E-state index contributed by atoms with van der Waals surface area (Å²) in [6, 6.07) is 12.5. The molecule has 10 nitrogen and oxygen atoms in total. The number of benzene rings is 2. The van der Waals surface area contributed by atoms with Crippen molar-refractivity contribution >= 4 is 40.6 Å². The first-order valence-corrected chi connectivity index (χ1v) is 10.2. The number of nitrogens with zero attached hydrogens (tertiary/aromatic N) is 3. The third-order valence-corrected chi connectivity index (χ3v) is 5.25. The van der Waals surface area contributed by atoms with Crippen LogP contribution in [0.4, 0.5) is 11.4 Å². The lowest BCUT2D eigenvalue weighted by atomic mass is 10.1. The number of amides is 1. The molecule has 0 radical (unpaired) electrons. The smallest absolute Gasteiger partial charge is 0.294 e. The maximum absolute atomic E-state index is 12.4. The van der Waals surface area contributed by atoms with Crippen LogP contribution in [-0.2, 0) is 4.79 Å². The summed E-state index contributed by atoms with van der Waals surface area (Å²) >= 11 is 6.67. The highest BCUT2D eigenvalue weighted by atomic mass is 35.5. The molecule has 2 N–H and O–H groups in total. The first-order chi connectivity index (χ1) is 15.3. The topological polar surface area (TPSA) is 151 Å². The molecule has 162 valence electrons. The van der Waals surface area contributed by atoms with Gasteiger partial charge in [0.25, 0.3) is 11.2 Å². The highest BCUT2D eigenvalue weighted by Crippen LogP contribution is 2.31. The zero-order chi connectivity index (χ0) is 23.3. The molecule has 0 saturated heterocycles. The number of thioether (sulfide) groups is 1. The molecule has 0 bridgehead atoms. The van der Waals surface area contributed by atoms with E-state index in [1.54, 1.807) is 24.3 Å². The van der Waals surface area contributed by atoms with Gasteiger partial charge in [-0.3, -0.25) is 19.7 Å². The minimum absolute atomic E-state index is 0.0130. The molecule has 0 spiro atoms. The molecule has 1 amide bonds. The zero-order valence-corrected chi connectivity index (χ0v) is 18.0. The Morgan fingerprint density at radius 3 is 2.81 bits per heavy atom. The predicted molar refractivity (Wildman–Crippen MR) is 119 cm³/mol. The number of carbonyl (C=O) groups is 1. The first kappa shape index (κ1) is 22.8. The molecule has 2 aromatic carbocycles. The third kappa shape index (κ3) is 5.05. The summed E-state index contributed by atoms with van der Waals surface area (Å²) in [6.45, 7) is 0. The van der Waals surface area contributed by atoms with Crippen molar-refractivity contribution in [1.82, 2.24) is 9.97 Å². The maximum Gasteiger partial charge on any atom is 0.294 e. The number of ether oxygens (including phenoxy) is 1. The van der Waals surface area contributed by atoms with Crippen molar-refractivity contribution in [1.29, 1.82) is 5.26 Å². The van der Waals surface area contributed by atoms with Gasteiger partial charge in [0.05, 0.1) is 17.8 Å². The summed E-state index contributed by atoms with van der Waals surface area (Å²) in [5.41, 5.74) is -0.661. The van der Waals surface area contributed by atoms with E-state index in [0.717, 1.165) is 17.8 Å². The fraction of sp³-hybridized carbons (Fsp3) is 0.100. The Labute approximate surface area is 190 Å². The number of H-pyrrole nitrogens is 1. The maximum atomic E-state index is 12.4. The number of nitrogens with one attached hydrogen (secondary N) is 2. The number of hydrogen-bond donors (Lipinski definition) is 2. The van der Waals surface area contributed by atoms with Crippen LogP contribution in [0, 0.1) is 21.4 Å². The molecule has 12 heteroatoms. The Bertz CT molecular complexity index is 1300. The van der Waals surface area contributed by atoms with E-state index in [9.17, 15) is 25.0 Å². The molecule has 3 aromatic rings. The Kier molecular flexibility index (Phi) is 7.09. The third-order valence-electron chi connectivity index (χ3n) is 4.14. The Morgan fingerprint density at radius 2 is 2.12 bits per heavy atom. The fourth-order valence-corrected chi connectivity index (χ4v) is 3.57. The minimum Gasteiger partial charge on any atom is -0.496 e. The normalized spacial score (nSPS) is 10.3. The van der Waals surface area contributed by atoms with Crippen LogP contribution in [-0.4, -0.2) is 33.7 Å². The lowest BCUT2D eigenvalue weighted by molar-refractivity contribution is -0.383. The molecule has 0 saturated carbocycles. The van der Waals surface area contributed by atoms with Crippen LogP contribution in [0.5, 0.6) is 5.75 Å². The number of hydrogen-bond acceptors (Lipinski definition) is 8. The number of aromatic amines is 1. The fourth-order valence-electron chi connectivity index (χ4n) is 2.74. The van der Waals surface area contributed by atoms with Gasteiger partial charge in [-0.15, -0.1) is 0 Å². The Balaban J connectivity index is 1.84. The van der Waals surface area contributed by atoms with E-state index in [1.165, 1.54) is 19.2 Å². The quantitative estimate of drug-likeness (QED) is 0.229. The van der Waals surface area contributed by atoms with Gasteiger partial charge in [-0.2, -0.15) is 5.26 Å². The molecule has 0 aliphatic rings. The van der Waals surface area contributed by atoms with E-state index in [1.807, 2.05) is 6.07 Å². The van der Waals surface area contributed by atoms with Gasteiger partial charge in [-0.25, -0.2) is 4.98 Å². The van der Waals surface area contributed by atoms with Gasteiger partial charge in [0.2, 0.25) is 5.91 Å². The second-order valence-electron chi connectivity index (χ2n) is 6.16. The average Bonchev–Trinajstić information content (AvgIpc) is 2.78. The van der Waals surface area contributed by atoms with Crippen molar-refractivity contribution in [3.8, 4) is 23.1 Å². The van der Waals surface area contributed by atoms with Crippen molar-refractivity contribution in [2.45, 2.75) is 5.16 Å². The van der Waals surface area contributed by atoms with Gasteiger partial charge >= 0.3 is 0 Å².